The minimum absolute atomic E-state index is 0.708. The van der Waals surface area contributed by atoms with E-state index in [1.165, 1.54) is 83.5 Å². The van der Waals surface area contributed by atoms with Crippen LogP contribution in [0.4, 0.5) is 0 Å². The standard InChI is InChI=1S/C22H38O/c1-3-5-6-7-8-9-10-11-12-13-14-15-16-17-18-19-20-21-22(23)4-2/h2,9-10,20-23H,3,5-8,11-19H2,1H3/b10-9?,21-20+/t22-/m1/s1. The molecule has 0 radical (unpaired) electrons. The van der Waals surface area contributed by atoms with Gasteiger partial charge in [-0.2, -0.15) is 0 Å². The van der Waals surface area contributed by atoms with Crippen LogP contribution in [0.15, 0.2) is 24.3 Å². The Balaban J connectivity index is 3.15. The van der Waals surface area contributed by atoms with E-state index >= 15 is 0 Å². The molecule has 0 aromatic carbocycles. The van der Waals surface area contributed by atoms with Gasteiger partial charge in [0, 0.05) is 0 Å². The lowest BCUT2D eigenvalue weighted by atomic mass is 10.1. The number of rotatable bonds is 16. The predicted octanol–water partition coefficient (Wildman–Crippen LogP) is 6.57. The summed E-state index contributed by atoms with van der Waals surface area (Å²) in [6, 6.07) is 0. The molecule has 0 aromatic rings. The van der Waals surface area contributed by atoms with Crippen molar-refractivity contribution >= 4 is 0 Å². The van der Waals surface area contributed by atoms with Crippen LogP contribution in [-0.4, -0.2) is 11.2 Å². The molecule has 0 unspecified atom stereocenters. The van der Waals surface area contributed by atoms with E-state index in [-0.39, 0.29) is 0 Å². The minimum Gasteiger partial charge on any atom is -0.377 e. The molecule has 0 rings (SSSR count). The summed E-state index contributed by atoms with van der Waals surface area (Å²) in [4.78, 5) is 0. The third-order valence-electron chi connectivity index (χ3n) is 4.12. The second-order valence-electron chi connectivity index (χ2n) is 6.41. The van der Waals surface area contributed by atoms with Gasteiger partial charge in [-0.15, -0.1) is 6.42 Å². The summed E-state index contributed by atoms with van der Waals surface area (Å²) in [7, 11) is 0. The molecule has 0 bridgehead atoms. The van der Waals surface area contributed by atoms with Crippen LogP contribution in [0, 0.1) is 12.3 Å². The predicted molar refractivity (Wildman–Crippen MR) is 103 cm³/mol. The first-order chi connectivity index (χ1) is 11.3. The minimum atomic E-state index is -0.708. The number of unbranched alkanes of at least 4 members (excludes halogenated alkanes) is 12. The Morgan fingerprint density at radius 2 is 1.17 bits per heavy atom. The molecule has 0 spiro atoms. The molecule has 0 aliphatic heterocycles. The van der Waals surface area contributed by atoms with Crippen LogP contribution < -0.4 is 0 Å². The normalized spacial score (nSPS) is 12.9. The van der Waals surface area contributed by atoms with E-state index in [1.807, 2.05) is 6.08 Å². The molecule has 0 amide bonds. The Labute approximate surface area is 145 Å². The van der Waals surface area contributed by atoms with Crippen molar-refractivity contribution in [3.8, 4) is 12.3 Å². The molecular formula is C22H38O. The second kappa shape index (κ2) is 19.0. The third kappa shape index (κ3) is 19.0. The molecule has 132 valence electrons. The van der Waals surface area contributed by atoms with Crippen molar-refractivity contribution in [3.63, 3.8) is 0 Å². The van der Waals surface area contributed by atoms with Gasteiger partial charge in [-0.1, -0.05) is 82.4 Å². The van der Waals surface area contributed by atoms with Gasteiger partial charge in [0.25, 0.3) is 0 Å². The lowest BCUT2D eigenvalue weighted by molar-refractivity contribution is 0.280. The van der Waals surface area contributed by atoms with Gasteiger partial charge in [0.1, 0.15) is 6.10 Å². The van der Waals surface area contributed by atoms with E-state index in [9.17, 15) is 0 Å². The SMILES string of the molecule is C#C[C@@H](O)/C=C/CCCCCCCCCC=CCCCCCC. The molecule has 1 heteroatoms. The maximum atomic E-state index is 9.16. The van der Waals surface area contributed by atoms with Crippen LogP contribution in [0.25, 0.3) is 0 Å². The van der Waals surface area contributed by atoms with Crippen LogP contribution in [0.3, 0.4) is 0 Å². The monoisotopic (exact) mass is 318 g/mol. The first-order valence-electron chi connectivity index (χ1n) is 9.77. The average molecular weight is 319 g/mol. The van der Waals surface area contributed by atoms with Crippen molar-refractivity contribution in [2.24, 2.45) is 0 Å². The number of hydrogen-bond acceptors (Lipinski definition) is 1. The molecule has 23 heavy (non-hydrogen) atoms. The lowest BCUT2D eigenvalue weighted by Crippen LogP contribution is -1.95. The fourth-order valence-electron chi connectivity index (χ4n) is 2.61. The molecule has 1 N–H and O–H groups in total. The molecule has 1 atom stereocenters. The quantitative estimate of drug-likeness (QED) is 0.194. The van der Waals surface area contributed by atoms with Gasteiger partial charge in [0.2, 0.25) is 0 Å². The maximum Gasteiger partial charge on any atom is 0.133 e. The highest BCUT2D eigenvalue weighted by Crippen LogP contribution is 2.11. The summed E-state index contributed by atoms with van der Waals surface area (Å²) in [5.41, 5.74) is 0. The molecule has 0 heterocycles. The highest BCUT2D eigenvalue weighted by molar-refractivity contribution is 5.05. The molecule has 0 saturated heterocycles. The van der Waals surface area contributed by atoms with E-state index in [1.54, 1.807) is 6.08 Å². The van der Waals surface area contributed by atoms with Crippen molar-refractivity contribution in [3.05, 3.63) is 24.3 Å². The first kappa shape index (κ1) is 22.0. The fourth-order valence-corrected chi connectivity index (χ4v) is 2.61. The van der Waals surface area contributed by atoms with Gasteiger partial charge in [0.05, 0.1) is 0 Å². The molecule has 0 fully saturated rings. The van der Waals surface area contributed by atoms with Crippen LogP contribution >= 0.6 is 0 Å². The second-order valence-corrected chi connectivity index (χ2v) is 6.41. The number of allylic oxidation sites excluding steroid dienone is 3. The summed E-state index contributed by atoms with van der Waals surface area (Å²) < 4.78 is 0. The Morgan fingerprint density at radius 1 is 0.739 bits per heavy atom. The molecule has 0 aromatic heterocycles. The Morgan fingerprint density at radius 3 is 1.65 bits per heavy atom. The molecule has 1 nitrogen and oxygen atoms in total. The van der Waals surface area contributed by atoms with Gasteiger partial charge in [-0.3, -0.25) is 0 Å². The van der Waals surface area contributed by atoms with Crippen LogP contribution in [0.5, 0.6) is 0 Å². The zero-order valence-corrected chi connectivity index (χ0v) is 15.3. The van der Waals surface area contributed by atoms with Gasteiger partial charge in [-0.05, 0) is 44.6 Å². The lowest BCUT2D eigenvalue weighted by Gasteiger charge is -2.00. The zero-order valence-electron chi connectivity index (χ0n) is 15.3. The van der Waals surface area contributed by atoms with Crippen LogP contribution in [-0.2, 0) is 0 Å². The summed E-state index contributed by atoms with van der Waals surface area (Å²) >= 11 is 0. The highest BCUT2D eigenvalue weighted by atomic mass is 16.3. The maximum absolute atomic E-state index is 9.16. The largest absolute Gasteiger partial charge is 0.377 e. The van der Waals surface area contributed by atoms with Crippen LogP contribution in [0.2, 0.25) is 0 Å². The third-order valence-corrected chi connectivity index (χ3v) is 4.12. The fraction of sp³-hybridized carbons (Fsp3) is 0.727. The Kier molecular flexibility index (Phi) is 18.2. The van der Waals surface area contributed by atoms with Crippen molar-refractivity contribution in [1.82, 2.24) is 0 Å². The molecule has 0 aliphatic rings. The van der Waals surface area contributed by atoms with E-state index in [4.69, 9.17) is 11.5 Å². The summed E-state index contributed by atoms with van der Waals surface area (Å²) in [5, 5.41) is 9.16. The van der Waals surface area contributed by atoms with Crippen LogP contribution in [0.1, 0.15) is 96.8 Å². The smallest absolute Gasteiger partial charge is 0.133 e. The van der Waals surface area contributed by atoms with Gasteiger partial charge in [-0.25, -0.2) is 0 Å². The van der Waals surface area contributed by atoms with Crippen molar-refractivity contribution in [2.75, 3.05) is 0 Å². The van der Waals surface area contributed by atoms with Gasteiger partial charge in [0.15, 0.2) is 0 Å². The van der Waals surface area contributed by atoms with Crippen molar-refractivity contribution in [2.45, 2.75) is 103 Å². The molecule has 0 saturated carbocycles. The first-order valence-corrected chi connectivity index (χ1v) is 9.77. The van der Waals surface area contributed by atoms with E-state index in [0.717, 1.165) is 6.42 Å². The van der Waals surface area contributed by atoms with Gasteiger partial charge >= 0.3 is 0 Å². The molecule has 0 aliphatic carbocycles. The summed E-state index contributed by atoms with van der Waals surface area (Å²) in [5.74, 6) is 2.28. The van der Waals surface area contributed by atoms with Gasteiger partial charge < -0.3 is 5.11 Å². The number of terminal acetylenes is 1. The Hall–Kier alpha value is -1.00. The van der Waals surface area contributed by atoms with Crippen molar-refractivity contribution in [1.29, 1.82) is 0 Å². The summed E-state index contributed by atoms with van der Waals surface area (Å²) in [6.07, 6.45) is 31.1. The topological polar surface area (TPSA) is 20.2 Å². The highest BCUT2D eigenvalue weighted by Gasteiger charge is 1.92. The van der Waals surface area contributed by atoms with E-state index < -0.39 is 6.10 Å². The van der Waals surface area contributed by atoms with E-state index in [0.29, 0.717) is 0 Å². The zero-order chi connectivity index (χ0) is 17.0. The number of aliphatic hydroxyl groups excluding tert-OH is 1. The summed E-state index contributed by atoms with van der Waals surface area (Å²) in [6.45, 7) is 2.26. The number of hydrogen-bond donors (Lipinski definition) is 1. The molecular weight excluding hydrogens is 280 g/mol. The van der Waals surface area contributed by atoms with E-state index in [2.05, 4.69) is 25.0 Å². The Bertz CT molecular complexity index is 321. The average Bonchev–Trinajstić information content (AvgIpc) is 2.57. The van der Waals surface area contributed by atoms with Crippen molar-refractivity contribution < 1.29 is 5.11 Å². The number of aliphatic hydroxyl groups is 1.